The van der Waals surface area contributed by atoms with Crippen LogP contribution in [0.15, 0.2) is 17.5 Å². The third-order valence-electron chi connectivity index (χ3n) is 1.98. The van der Waals surface area contributed by atoms with Crippen molar-refractivity contribution in [2.45, 2.75) is 26.3 Å². The summed E-state index contributed by atoms with van der Waals surface area (Å²) in [4.78, 5) is 1.41. The Kier molecular flexibility index (Phi) is 6.66. The van der Waals surface area contributed by atoms with Crippen molar-refractivity contribution < 1.29 is 4.74 Å². The molecular weight excluding hydrogens is 194 g/mol. The molecule has 80 valence electrons. The number of ether oxygens (including phenoxy) is 1. The van der Waals surface area contributed by atoms with Gasteiger partial charge >= 0.3 is 0 Å². The van der Waals surface area contributed by atoms with Gasteiger partial charge in [-0.15, -0.1) is 11.3 Å². The lowest BCUT2D eigenvalue weighted by Gasteiger charge is -2.03. The fourth-order valence-electron chi connectivity index (χ4n) is 1.22. The van der Waals surface area contributed by atoms with Crippen LogP contribution in [-0.4, -0.2) is 19.8 Å². The van der Waals surface area contributed by atoms with Crippen LogP contribution in [0.5, 0.6) is 0 Å². The zero-order chi connectivity index (χ0) is 10.1. The summed E-state index contributed by atoms with van der Waals surface area (Å²) in [7, 11) is 0. The summed E-state index contributed by atoms with van der Waals surface area (Å²) in [6, 6.07) is 4.26. The minimum absolute atomic E-state index is 0.836. The molecular formula is C11H19NOS. The Morgan fingerprint density at radius 3 is 3.07 bits per heavy atom. The van der Waals surface area contributed by atoms with Gasteiger partial charge in [0.1, 0.15) is 0 Å². The van der Waals surface area contributed by atoms with Crippen molar-refractivity contribution in [1.29, 1.82) is 0 Å². The van der Waals surface area contributed by atoms with Crippen LogP contribution < -0.4 is 5.32 Å². The molecule has 0 unspecified atom stereocenters. The van der Waals surface area contributed by atoms with E-state index in [9.17, 15) is 0 Å². The highest BCUT2D eigenvalue weighted by atomic mass is 32.1. The van der Waals surface area contributed by atoms with Crippen molar-refractivity contribution in [2.24, 2.45) is 0 Å². The molecule has 0 fully saturated rings. The molecule has 0 aliphatic carbocycles. The molecule has 0 aliphatic rings. The molecule has 1 N–H and O–H groups in total. The first kappa shape index (κ1) is 11.7. The first-order chi connectivity index (χ1) is 6.93. The van der Waals surface area contributed by atoms with Gasteiger partial charge in [-0.1, -0.05) is 6.07 Å². The van der Waals surface area contributed by atoms with Gasteiger partial charge in [-0.2, -0.15) is 0 Å². The van der Waals surface area contributed by atoms with Crippen LogP contribution in [0.3, 0.4) is 0 Å². The van der Waals surface area contributed by atoms with Crippen LogP contribution in [0, 0.1) is 0 Å². The SMILES string of the molecule is CCOCCCCNCc1cccs1. The number of nitrogens with one attached hydrogen (secondary N) is 1. The van der Waals surface area contributed by atoms with E-state index in [-0.39, 0.29) is 0 Å². The van der Waals surface area contributed by atoms with Crippen LogP contribution in [0.25, 0.3) is 0 Å². The van der Waals surface area contributed by atoms with Crippen molar-refractivity contribution in [2.75, 3.05) is 19.8 Å². The van der Waals surface area contributed by atoms with Gasteiger partial charge in [-0.3, -0.25) is 0 Å². The van der Waals surface area contributed by atoms with Crippen LogP contribution >= 0.6 is 11.3 Å². The lowest BCUT2D eigenvalue weighted by molar-refractivity contribution is 0.143. The Labute approximate surface area is 90.3 Å². The van der Waals surface area contributed by atoms with E-state index in [4.69, 9.17) is 4.74 Å². The van der Waals surface area contributed by atoms with Gasteiger partial charge in [0.25, 0.3) is 0 Å². The molecule has 1 heterocycles. The third-order valence-corrected chi connectivity index (χ3v) is 2.85. The van der Waals surface area contributed by atoms with Crippen molar-refractivity contribution in [3.05, 3.63) is 22.4 Å². The van der Waals surface area contributed by atoms with E-state index in [0.29, 0.717) is 0 Å². The van der Waals surface area contributed by atoms with Gasteiger partial charge in [0.15, 0.2) is 0 Å². The molecule has 0 radical (unpaired) electrons. The molecule has 0 aliphatic heterocycles. The van der Waals surface area contributed by atoms with E-state index in [1.807, 2.05) is 18.3 Å². The topological polar surface area (TPSA) is 21.3 Å². The Balaban J connectivity index is 1.85. The molecule has 2 nitrogen and oxygen atoms in total. The average molecular weight is 213 g/mol. The third kappa shape index (κ3) is 5.37. The minimum Gasteiger partial charge on any atom is -0.382 e. The number of rotatable bonds is 8. The van der Waals surface area contributed by atoms with Gasteiger partial charge in [0.05, 0.1) is 0 Å². The van der Waals surface area contributed by atoms with Crippen molar-refractivity contribution in [3.8, 4) is 0 Å². The maximum absolute atomic E-state index is 5.26. The van der Waals surface area contributed by atoms with Crippen LogP contribution in [-0.2, 0) is 11.3 Å². The maximum atomic E-state index is 5.26. The molecule has 0 amide bonds. The minimum atomic E-state index is 0.836. The Morgan fingerprint density at radius 1 is 1.43 bits per heavy atom. The standard InChI is InChI=1S/C11H19NOS/c1-2-13-8-4-3-7-12-10-11-6-5-9-14-11/h5-6,9,12H,2-4,7-8,10H2,1H3. The van der Waals surface area contributed by atoms with Crippen molar-refractivity contribution in [1.82, 2.24) is 5.32 Å². The van der Waals surface area contributed by atoms with Gasteiger partial charge < -0.3 is 10.1 Å². The molecule has 0 aromatic carbocycles. The zero-order valence-electron chi connectivity index (χ0n) is 8.79. The molecule has 1 rings (SSSR count). The zero-order valence-corrected chi connectivity index (χ0v) is 9.61. The average Bonchev–Trinajstić information content (AvgIpc) is 2.69. The molecule has 0 saturated heterocycles. The van der Waals surface area contributed by atoms with E-state index in [1.54, 1.807) is 0 Å². The molecule has 0 bridgehead atoms. The molecule has 0 spiro atoms. The van der Waals surface area contributed by atoms with E-state index >= 15 is 0 Å². The molecule has 14 heavy (non-hydrogen) atoms. The van der Waals surface area contributed by atoms with E-state index in [2.05, 4.69) is 22.8 Å². The number of hydrogen-bond donors (Lipinski definition) is 1. The first-order valence-corrected chi connectivity index (χ1v) is 6.12. The quantitative estimate of drug-likeness (QED) is 0.670. The summed E-state index contributed by atoms with van der Waals surface area (Å²) in [5.41, 5.74) is 0. The number of thiophene rings is 1. The summed E-state index contributed by atoms with van der Waals surface area (Å²) in [5.74, 6) is 0. The maximum Gasteiger partial charge on any atom is 0.0466 e. The summed E-state index contributed by atoms with van der Waals surface area (Å²) in [6.45, 7) is 5.87. The van der Waals surface area contributed by atoms with E-state index in [1.165, 1.54) is 11.3 Å². The molecule has 1 aromatic heterocycles. The normalized spacial score (nSPS) is 10.6. The van der Waals surface area contributed by atoms with Gasteiger partial charge in [0.2, 0.25) is 0 Å². The van der Waals surface area contributed by atoms with Gasteiger partial charge in [-0.25, -0.2) is 0 Å². The largest absolute Gasteiger partial charge is 0.382 e. The van der Waals surface area contributed by atoms with Crippen LogP contribution in [0.1, 0.15) is 24.6 Å². The fourth-order valence-corrected chi connectivity index (χ4v) is 1.90. The van der Waals surface area contributed by atoms with Gasteiger partial charge in [-0.05, 0) is 37.8 Å². The highest BCUT2D eigenvalue weighted by molar-refractivity contribution is 7.09. The highest BCUT2D eigenvalue weighted by Crippen LogP contribution is 2.07. The Hall–Kier alpha value is -0.380. The molecule has 0 atom stereocenters. The number of unbranched alkanes of at least 4 members (excludes halogenated alkanes) is 1. The van der Waals surface area contributed by atoms with Crippen molar-refractivity contribution >= 4 is 11.3 Å². The second kappa shape index (κ2) is 7.97. The number of hydrogen-bond acceptors (Lipinski definition) is 3. The second-order valence-corrected chi connectivity index (χ2v) is 4.19. The summed E-state index contributed by atoms with van der Waals surface area (Å²) < 4.78 is 5.26. The van der Waals surface area contributed by atoms with Crippen LogP contribution in [0.4, 0.5) is 0 Å². The van der Waals surface area contributed by atoms with Crippen LogP contribution in [0.2, 0.25) is 0 Å². The molecule has 1 aromatic rings. The molecule has 0 saturated carbocycles. The van der Waals surface area contributed by atoms with E-state index < -0.39 is 0 Å². The van der Waals surface area contributed by atoms with E-state index in [0.717, 1.165) is 32.7 Å². The molecule has 3 heteroatoms. The summed E-state index contributed by atoms with van der Waals surface area (Å²) >= 11 is 1.81. The summed E-state index contributed by atoms with van der Waals surface area (Å²) in [6.07, 6.45) is 2.36. The lowest BCUT2D eigenvalue weighted by Crippen LogP contribution is -2.14. The Morgan fingerprint density at radius 2 is 2.36 bits per heavy atom. The lowest BCUT2D eigenvalue weighted by atomic mass is 10.3. The fraction of sp³-hybridized carbons (Fsp3) is 0.636. The predicted octanol–water partition coefficient (Wildman–Crippen LogP) is 2.65. The monoisotopic (exact) mass is 213 g/mol. The predicted molar refractivity (Wildman–Crippen MR) is 61.8 cm³/mol. The summed E-state index contributed by atoms with van der Waals surface area (Å²) in [5, 5.41) is 5.54. The van der Waals surface area contributed by atoms with Gasteiger partial charge in [0, 0.05) is 24.6 Å². The second-order valence-electron chi connectivity index (χ2n) is 3.16. The first-order valence-electron chi connectivity index (χ1n) is 5.24. The highest BCUT2D eigenvalue weighted by Gasteiger charge is 1.92. The Bertz CT molecular complexity index is 211. The van der Waals surface area contributed by atoms with Crippen molar-refractivity contribution in [3.63, 3.8) is 0 Å². The smallest absolute Gasteiger partial charge is 0.0466 e.